The zero-order valence-corrected chi connectivity index (χ0v) is 8.21. The van der Waals surface area contributed by atoms with Crippen molar-refractivity contribution < 1.29 is 9.84 Å². The van der Waals surface area contributed by atoms with Crippen molar-refractivity contribution >= 4 is 0 Å². The largest absolute Gasteiger partial charge is 0.458 e. The Balaban J connectivity index is 2.64. The van der Waals surface area contributed by atoms with Crippen LogP contribution in [-0.4, -0.2) is 27.6 Å². The fraction of sp³-hybridized carbons (Fsp3) is 0.556. The van der Waals surface area contributed by atoms with E-state index in [9.17, 15) is 0 Å². The third-order valence-electron chi connectivity index (χ3n) is 1.78. The summed E-state index contributed by atoms with van der Waals surface area (Å²) in [5.41, 5.74) is 0. The number of hydrogen-bond donors (Lipinski definition) is 1. The Hall–Kier alpha value is -1.54. The lowest BCUT2D eigenvalue weighted by molar-refractivity contribution is 0.221. The Morgan fingerprint density at radius 3 is 3.00 bits per heavy atom. The molecule has 0 saturated heterocycles. The monoisotopic (exact) mass is 195 g/mol. The summed E-state index contributed by atoms with van der Waals surface area (Å²) in [5, 5.41) is 21.4. The Morgan fingerprint density at radius 1 is 1.71 bits per heavy atom. The van der Waals surface area contributed by atoms with Crippen LogP contribution in [0.15, 0.2) is 12.3 Å². The molecule has 0 fully saturated rings. The fourth-order valence-corrected chi connectivity index (χ4v) is 0.920. The van der Waals surface area contributed by atoms with Gasteiger partial charge in [-0.2, -0.15) is 5.26 Å². The first kappa shape index (κ1) is 10.5. The van der Waals surface area contributed by atoms with Crippen molar-refractivity contribution in [1.82, 2.24) is 9.78 Å². The average molecular weight is 195 g/mol. The second-order valence-electron chi connectivity index (χ2n) is 3.05. The summed E-state index contributed by atoms with van der Waals surface area (Å²) in [7, 11) is 0. The zero-order valence-electron chi connectivity index (χ0n) is 8.21. The van der Waals surface area contributed by atoms with Crippen LogP contribution in [0, 0.1) is 11.3 Å². The van der Waals surface area contributed by atoms with Crippen LogP contribution in [0.5, 0.6) is 5.88 Å². The lowest BCUT2D eigenvalue weighted by atomic mass is 10.4. The van der Waals surface area contributed by atoms with Gasteiger partial charge in [-0.05, 0) is 13.8 Å². The van der Waals surface area contributed by atoms with Gasteiger partial charge in [0.15, 0.2) is 6.10 Å². The molecule has 0 saturated carbocycles. The van der Waals surface area contributed by atoms with Crippen molar-refractivity contribution in [3.8, 4) is 11.9 Å². The number of aliphatic hydroxyl groups is 1. The van der Waals surface area contributed by atoms with E-state index in [-0.39, 0.29) is 12.6 Å². The molecular weight excluding hydrogens is 182 g/mol. The van der Waals surface area contributed by atoms with Crippen LogP contribution < -0.4 is 4.74 Å². The van der Waals surface area contributed by atoms with Crippen molar-refractivity contribution in [3.63, 3.8) is 0 Å². The smallest absolute Gasteiger partial charge is 0.234 e. The Bertz CT molecular complexity index is 329. The first-order valence-corrected chi connectivity index (χ1v) is 4.39. The molecule has 2 unspecified atom stereocenters. The minimum atomic E-state index is -0.511. The van der Waals surface area contributed by atoms with Gasteiger partial charge in [-0.25, -0.2) is 0 Å². The summed E-state index contributed by atoms with van der Waals surface area (Å²) in [6.07, 6.45) is 1.20. The Labute approximate surface area is 82.5 Å². The number of nitriles is 1. The standard InChI is InChI=1S/C9H13N3O2/c1-7(6-13)12-4-3-9(11-12)14-8(2)5-10/h3-4,7-8,13H,6H2,1-2H3. The molecule has 0 amide bonds. The third-order valence-corrected chi connectivity index (χ3v) is 1.78. The van der Waals surface area contributed by atoms with Crippen LogP contribution in [0.25, 0.3) is 0 Å². The van der Waals surface area contributed by atoms with Gasteiger partial charge in [0.25, 0.3) is 0 Å². The minimum absolute atomic E-state index is 0.0227. The molecule has 0 aliphatic carbocycles. The van der Waals surface area contributed by atoms with Crippen molar-refractivity contribution in [3.05, 3.63) is 12.3 Å². The Kier molecular flexibility index (Phi) is 3.48. The summed E-state index contributed by atoms with van der Waals surface area (Å²) < 4.78 is 6.76. The molecule has 0 spiro atoms. The number of ether oxygens (including phenoxy) is 1. The zero-order chi connectivity index (χ0) is 10.6. The quantitative estimate of drug-likeness (QED) is 0.768. The minimum Gasteiger partial charge on any atom is -0.458 e. The molecule has 14 heavy (non-hydrogen) atoms. The number of rotatable bonds is 4. The van der Waals surface area contributed by atoms with Crippen LogP contribution in [-0.2, 0) is 0 Å². The summed E-state index contributed by atoms with van der Waals surface area (Å²) >= 11 is 0. The summed E-state index contributed by atoms with van der Waals surface area (Å²) in [4.78, 5) is 0. The maximum Gasteiger partial charge on any atom is 0.234 e. The van der Waals surface area contributed by atoms with E-state index in [0.29, 0.717) is 5.88 Å². The fourth-order valence-electron chi connectivity index (χ4n) is 0.920. The normalized spacial score (nSPS) is 14.4. The number of aliphatic hydroxyl groups excluding tert-OH is 1. The van der Waals surface area contributed by atoms with Gasteiger partial charge in [0.05, 0.1) is 12.6 Å². The van der Waals surface area contributed by atoms with Crippen molar-refractivity contribution in [2.45, 2.75) is 26.0 Å². The average Bonchev–Trinajstić information content (AvgIpc) is 2.65. The predicted octanol–water partition coefficient (Wildman–Crippen LogP) is 0.727. The third kappa shape index (κ3) is 2.47. The molecule has 0 radical (unpaired) electrons. The predicted molar refractivity (Wildman–Crippen MR) is 49.7 cm³/mol. The molecular formula is C9H13N3O2. The molecule has 1 aromatic rings. The van der Waals surface area contributed by atoms with Gasteiger partial charge < -0.3 is 9.84 Å². The van der Waals surface area contributed by atoms with Crippen LogP contribution >= 0.6 is 0 Å². The van der Waals surface area contributed by atoms with Gasteiger partial charge in [0.1, 0.15) is 6.07 Å². The second kappa shape index (κ2) is 4.63. The number of nitrogens with zero attached hydrogens (tertiary/aromatic N) is 3. The molecule has 0 aliphatic heterocycles. The molecule has 0 aliphatic rings. The van der Waals surface area contributed by atoms with Crippen LogP contribution in [0.4, 0.5) is 0 Å². The first-order valence-electron chi connectivity index (χ1n) is 4.39. The molecule has 2 atom stereocenters. The second-order valence-corrected chi connectivity index (χ2v) is 3.05. The molecule has 5 nitrogen and oxygen atoms in total. The van der Waals surface area contributed by atoms with E-state index in [1.54, 1.807) is 23.9 Å². The molecule has 5 heteroatoms. The maximum absolute atomic E-state index is 8.87. The highest BCUT2D eigenvalue weighted by molar-refractivity contribution is 5.08. The van der Waals surface area contributed by atoms with E-state index in [1.807, 2.05) is 13.0 Å². The molecule has 1 aromatic heterocycles. The first-order chi connectivity index (χ1) is 6.67. The van der Waals surface area contributed by atoms with Crippen molar-refractivity contribution in [1.29, 1.82) is 5.26 Å². The van der Waals surface area contributed by atoms with Gasteiger partial charge in [-0.3, -0.25) is 4.68 Å². The molecule has 1 rings (SSSR count). The van der Waals surface area contributed by atoms with Gasteiger partial charge in [0, 0.05) is 12.3 Å². The summed E-state index contributed by atoms with van der Waals surface area (Å²) in [6, 6.07) is 3.53. The van der Waals surface area contributed by atoms with Crippen molar-refractivity contribution in [2.75, 3.05) is 6.61 Å². The Morgan fingerprint density at radius 2 is 2.43 bits per heavy atom. The van der Waals surface area contributed by atoms with Gasteiger partial charge in [-0.1, -0.05) is 0 Å². The summed E-state index contributed by atoms with van der Waals surface area (Å²) in [5.74, 6) is 0.402. The van der Waals surface area contributed by atoms with E-state index in [0.717, 1.165) is 0 Å². The van der Waals surface area contributed by atoms with Crippen LogP contribution in [0.2, 0.25) is 0 Å². The van der Waals surface area contributed by atoms with Crippen LogP contribution in [0.3, 0.4) is 0 Å². The topological polar surface area (TPSA) is 71.1 Å². The van der Waals surface area contributed by atoms with Crippen LogP contribution in [0.1, 0.15) is 19.9 Å². The highest BCUT2D eigenvalue weighted by Crippen LogP contribution is 2.11. The molecule has 0 bridgehead atoms. The van der Waals surface area contributed by atoms with Gasteiger partial charge >= 0.3 is 0 Å². The number of aromatic nitrogens is 2. The highest BCUT2D eigenvalue weighted by Gasteiger charge is 2.08. The SMILES string of the molecule is CC(C#N)Oc1ccn(C(C)CO)n1. The molecule has 0 aromatic carbocycles. The highest BCUT2D eigenvalue weighted by atomic mass is 16.5. The van der Waals surface area contributed by atoms with Gasteiger partial charge in [0.2, 0.25) is 5.88 Å². The lowest BCUT2D eigenvalue weighted by Gasteiger charge is -2.07. The van der Waals surface area contributed by atoms with E-state index in [4.69, 9.17) is 15.1 Å². The van der Waals surface area contributed by atoms with E-state index in [2.05, 4.69) is 5.10 Å². The number of hydrogen-bond acceptors (Lipinski definition) is 4. The van der Waals surface area contributed by atoms with E-state index < -0.39 is 6.10 Å². The molecule has 76 valence electrons. The van der Waals surface area contributed by atoms with E-state index >= 15 is 0 Å². The lowest BCUT2D eigenvalue weighted by Crippen LogP contribution is -2.12. The van der Waals surface area contributed by atoms with Crippen molar-refractivity contribution in [2.24, 2.45) is 0 Å². The molecule has 1 N–H and O–H groups in total. The van der Waals surface area contributed by atoms with E-state index in [1.165, 1.54) is 0 Å². The summed E-state index contributed by atoms with van der Waals surface area (Å²) in [6.45, 7) is 3.51. The molecule has 1 heterocycles. The maximum atomic E-state index is 8.87. The van der Waals surface area contributed by atoms with Gasteiger partial charge in [-0.15, -0.1) is 5.10 Å².